The first-order valence-electron chi connectivity index (χ1n) is 18.2. The van der Waals surface area contributed by atoms with Crippen LogP contribution >= 0.6 is 0 Å². The third kappa shape index (κ3) is 5.06. The molecule has 6 heteroatoms. The summed E-state index contributed by atoms with van der Waals surface area (Å²) in [5.41, 5.74) is 0.832. The van der Waals surface area contributed by atoms with E-state index in [4.69, 9.17) is 9.47 Å². The molecule has 1 N–H and O–H groups in total. The highest BCUT2D eigenvalue weighted by Gasteiger charge is 2.69. The number of hydrogen-bond donors (Lipinski definition) is 1. The molecule has 12 atom stereocenters. The molecular weight excluding hydrogens is 522 g/mol. The number of rotatable bonds is 1. The highest BCUT2D eigenvalue weighted by Crippen LogP contribution is 2.71. The topological polar surface area (TPSA) is 54.0 Å². The van der Waals surface area contributed by atoms with Gasteiger partial charge in [-0.2, -0.15) is 0 Å². The van der Waals surface area contributed by atoms with E-state index in [1.165, 1.54) is 57.8 Å². The van der Waals surface area contributed by atoms with Gasteiger partial charge in [-0.1, -0.05) is 41.5 Å². The van der Waals surface area contributed by atoms with Crippen LogP contribution in [0.4, 0.5) is 4.79 Å². The molecule has 7 rings (SSSR count). The normalized spacial score (nSPS) is 50.5. The lowest BCUT2D eigenvalue weighted by Gasteiger charge is -2.61. The van der Waals surface area contributed by atoms with Crippen molar-refractivity contribution in [3.8, 4) is 0 Å². The van der Waals surface area contributed by atoms with Gasteiger partial charge in [0, 0.05) is 50.3 Å². The highest BCUT2D eigenvalue weighted by atomic mass is 16.7. The number of carbonyl (C=O) groups is 1. The van der Waals surface area contributed by atoms with Gasteiger partial charge in [0.15, 0.2) is 5.79 Å². The largest absolute Gasteiger partial charge is 0.349 e. The van der Waals surface area contributed by atoms with E-state index in [-0.39, 0.29) is 17.5 Å². The second-order valence-electron chi connectivity index (χ2n) is 16.2. The van der Waals surface area contributed by atoms with Crippen LogP contribution in [0.5, 0.6) is 0 Å². The van der Waals surface area contributed by atoms with Crippen molar-refractivity contribution in [2.75, 3.05) is 39.8 Å². The molecule has 1 spiro atoms. The van der Waals surface area contributed by atoms with Gasteiger partial charge in [-0.25, -0.2) is 4.79 Å². The predicted octanol–water partition coefficient (Wildman–Crippen LogP) is 8.16. The minimum Gasteiger partial charge on any atom is -0.349 e. The zero-order valence-corrected chi connectivity index (χ0v) is 28.1. The first-order valence-corrected chi connectivity index (χ1v) is 18.2. The molecule has 3 aliphatic heterocycles. The average molecular weight is 594 g/mol. The van der Waals surface area contributed by atoms with Crippen molar-refractivity contribution in [2.24, 2.45) is 52.3 Å². The van der Waals surface area contributed by atoms with Gasteiger partial charge in [0.25, 0.3) is 0 Å². The van der Waals surface area contributed by atoms with Crippen molar-refractivity contribution in [2.45, 2.75) is 130 Å². The SMILES string of the molecule is CC.C[C@H]1CCC[C@@]2(OC1)O[C@H]1CC3[C@@H]4CC[C@@H]5C[C@H](NC(=O)N6CCN(C)CC6)CC[C@]5(C)C4CC[C@]3(C)C1[C@@H]2C.[HH].[HH].[HH].[HH]. The van der Waals surface area contributed by atoms with Crippen molar-refractivity contribution >= 4 is 6.03 Å². The summed E-state index contributed by atoms with van der Waals surface area (Å²) in [6.45, 7) is 18.7. The summed E-state index contributed by atoms with van der Waals surface area (Å²) in [4.78, 5) is 17.4. The lowest BCUT2D eigenvalue weighted by molar-refractivity contribution is -0.250. The average Bonchev–Trinajstić information content (AvgIpc) is 3.34. The Morgan fingerprint density at radius 2 is 1.62 bits per heavy atom. The molecule has 248 valence electrons. The second-order valence-corrected chi connectivity index (χ2v) is 16.2. The number of nitrogens with one attached hydrogen (secondary N) is 1. The fraction of sp³-hybridized carbons (Fsp3) is 0.972. The van der Waals surface area contributed by atoms with E-state index in [9.17, 15) is 4.79 Å². The summed E-state index contributed by atoms with van der Waals surface area (Å²) in [6, 6.07) is 0.537. The van der Waals surface area contributed by atoms with Crippen molar-refractivity contribution in [1.29, 1.82) is 0 Å². The number of likely N-dealkylation sites (N-methyl/N-ethyl adjacent to an activating group) is 1. The molecule has 0 aromatic carbocycles. The fourth-order valence-electron chi connectivity index (χ4n) is 11.9. The summed E-state index contributed by atoms with van der Waals surface area (Å²) in [5, 5.41) is 3.48. The van der Waals surface area contributed by atoms with Gasteiger partial charge in [0.1, 0.15) is 0 Å². The molecule has 0 aromatic heterocycles. The van der Waals surface area contributed by atoms with E-state index < -0.39 is 0 Å². The maximum Gasteiger partial charge on any atom is 0.317 e. The Bertz CT molecular complexity index is 988. The molecule has 4 aliphatic carbocycles. The molecule has 4 saturated carbocycles. The van der Waals surface area contributed by atoms with Gasteiger partial charge >= 0.3 is 6.03 Å². The quantitative estimate of drug-likeness (QED) is 0.333. The van der Waals surface area contributed by atoms with Crippen LogP contribution in [0.3, 0.4) is 0 Å². The van der Waals surface area contributed by atoms with Gasteiger partial charge in [-0.15, -0.1) is 0 Å². The summed E-state index contributed by atoms with van der Waals surface area (Å²) < 4.78 is 13.7. The predicted molar refractivity (Wildman–Crippen MR) is 178 cm³/mol. The Morgan fingerprint density at radius 3 is 2.38 bits per heavy atom. The Balaban J connectivity index is 0.00000120. The molecule has 6 nitrogen and oxygen atoms in total. The van der Waals surface area contributed by atoms with Crippen LogP contribution in [0.15, 0.2) is 0 Å². The fourth-order valence-corrected chi connectivity index (χ4v) is 11.9. The lowest BCUT2D eigenvalue weighted by atomic mass is 9.44. The van der Waals surface area contributed by atoms with Crippen LogP contribution in [0.25, 0.3) is 0 Å². The summed E-state index contributed by atoms with van der Waals surface area (Å²) in [6.07, 6.45) is 14.4. The first kappa shape index (κ1) is 31.1. The van der Waals surface area contributed by atoms with E-state index in [0.29, 0.717) is 40.7 Å². The van der Waals surface area contributed by atoms with Crippen LogP contribution in [-0.2, 0) is 9.47 Å². The van der Waals surface area contributed by atoms with Gasteiger partial charge < -0.3 is 24.6 Å². The Kier molecular flexibility index (Phi) is 8.77. The molecule has 7 fully saturated rings. The molecule has 3 saturated heterocycles. The third-order valence-electron chi connectivity index (χ3n) is 14.3. The number of piperazine rings is 1. The molecule has 0 radical (unpaired) electrons. The van der Waals surface area contributed by atoms with E-state index in [2.05, 4.69) is 45.0 Å². The van der Waals surface area contributed by atoms with E-state index in [1.54, 1.807) is 0 Å². The van der Waals surface area contributed by atoms with Crippen molar-refractivity contribution in [3.63, 3.8) is 0 Å². The molecule has 3 unspecified atom stereocenters. The minimum absolute atomic E-state index is 0. The second kappa shape index (κ2) is 11.8. The van der Waals surface area contributed by atoms with Crippen LogP contribution in [0.1, 0.15) is 118 Å². The van der Waals surface area contributed by atoms with Crippen LogP contribution in [0, 0.1) is 52.3 Å². The summed E-state index contributed by atoms with van der Waals surface area (Å²) in [7, 11) is 2.15. The lowest BCUT2D eigenvalue weighted by Crippen LogP contribution is -2.57. The zero-order valence-electron chi connectivity index (χ0n) is 28.1. The van der Waals surface area contributed by atoms with E-state index in [1.807, 2.05) is 18.7 Å². The molecule has 42 heavy (non-hydrogen) atoms. The molecule has 2 amide bonds. The van der Waals surface area contributed by atoms with Crippen molar-refractivity contribution in [3.05, 3.63) is 0 Å². The van der Waals surface area contributed by atoms with Gasteiger partial charge in [0.05, 0.1) is 12.7 Å². The number of ether oxygens (including phenoxy) is 2. The van der Waals surface area contributed by atoms with Crippen molar-refractivity contribution in [1.82, 2.24) is 15.1 Å². The Labute approximate surface area is 263 Å². The highest BCUT2D eigenvalue weighted by molar-refractivity contribution is 5.74. The maximum atomic E-state index is 13.0. The Hall–Kier alpha value is -0.850. The maximum absolute atomic E-state index is 13.0. The number of hydrogen-bond acceptors (Lipinski definition) is 4. The molecule has 0 bridgehead atoms. The molecule has 3 heterocycles. The number of urea groups is 1. The summed E-state index contributed by atoms with van der Waals surface area (Å²) >= 11 is 0. The monoisotopic (exact) mass is 594 g/mol. The number of nitrogens with zero attached hydrogens (tertiary/aromatic N) is 2. The van der Waals surface area contributed by atoms with Crippen LogP contribution in [-0.4, -0.2) is 73.6 Å². The zero-order chi connectivity index (χ0) is 29.9. The third-order valence-corrected chi connectivity index (χ3v) is 14.3. The van der Waals surface area contributed by atoms with Crippen LogP contribution < -0.4 is 5.32 Å². The molecular formula is C36H71N3O3. The van der Waals surface area contributed by atoms with Gasteiger partial charge in [-0.3, -0.25) is 0 Å². The number of carbonyl (C=O) groups excluding carboxylic acids is 1. The summed E-state index contributed by atoms with van der Waals surface area (Å²) in [5.74, 6) is 4.74. The molecule has 7 aliphatic rings. The van der Waals surface area contributed by atoms with Gasteiger partial charge in [0.2, 0.25) is 0 Å². The van der Waals surface area contributed by atoms with Crippen molar-refractivity contribution < 1.29 is 20.0 Å². The first-order chi connectivity index (χ1) is 20.1. The smallest absolute Gasteiger partial charge is 0.317 e. The van der Waals surface area contributed by atoms with E-state index in [0.717, 1.165) is 69.3 Å². The molecule has 0 aromatic rings. The van der Waals surface area contributed by atoms with Crippen LogP contribution in [0.2, 0.25) is 0 Å². The van der Waals surface area contributed by atoms with Gasteiger partial charge in [-0.05, 0) is 118 Å². The standard InChI is InChI=1S/C34H57N3O3.C2H6.4H2/c1-22-7-6-12-34(39-21-22)23(2)30-29(40-34)20-28-26-9-8-24-19-25(35-31(38)37-17-15-36(5)16-18-37)10-13-32(24,3)27(26)11-14-33(28,30)4;1-2;;;;/h22-30H,6-21H2,1-5H3,(H,35,38);1-2H3;4*1H/t22-,23-,24+,25+,26+,27?,28?,29-,30?,32-,33-,34+;;;;;/m0...../s1. The minimum atomic E-state index is -0.318. The van der Waals surface area contributed by atoms with E-state index >= 15 is 0 Å². The number of amides is 2. The number of fused-ring (bicyclic) bond motifs is 7. The Morgan fingerprint density at radius 1 is 0.881 bits per heavy atom.